The molecule has 0 amide bonds. The molecule has 176 valence electrons. The van der Waals surface area contributed by atoms with Crippen LogP contribution in [0.1, 0.15) is 49.4 Å². The highest BCUT2D eigenvalue weighted by Gasteiger charge is 2.31. The number of nitrogens with zero attached hydrogens (tertiary/aromatic N) is 1. The molecule has 2 aromatic rings. The summed E-state index contributed by atoms with van der Waals surface area (Å²) in [5.74, 6) is 0.810. The van der Waals surface area contributed by atoms with Gasteiger partial charge in [-0.2, -0.15) is 5.10 Å². The highest BCUT2D eigenvalue weighted by atomic mass is 32.1. The third kappa shape index (κ3) is 6.44. The van der Waals surface area contributed by atoms with Gasteiger partial charge in [0.2, 0.25) is 0 Å². The topological polar surface area (TPSA) is 81.2 Å². The van der Waals surface area contributed by atoms with E-state index in [9.17, 15) is 4.79 Å². The lowest BCUT2D eigenvalue weighted by Gasteiger charge is -2.33. The third-order valence-corrected chi connectivity index (χ3v) is 5.30. The molecule has 2 N–H and O–H groups in total. The van der Waals surface area contributed by atoms with Crippen LogP contribution in [0.4, 0.5) is 5.69 Å². The zero-order valence-electron chi connectivity index (χ0n) is 20.0. The van der Waals surface area contributed by atoms with E-state index in [2.05, 4.69) is 34.9 Å². The van der Waals surface area contributed by atoms with E-state index in [1.54, 1.807) is 13.0 Å². The van der Waals surface area contributed by atoms with E-state index in [0.29, 0.717) is 29.6 Å². The number of benzene rings is 2. The second-order valence-electron chi connectivity index (χ2n) is 8.69. The van der Waals surface area contributed by atoms with Gasteiger partial charge >= 0.3 is 5.97 Å². The van der Waals surface area contributed by atoms with Crippen molar-refractivity contribution >= 4 is 34.7 Å². The Kier molecular flexibility index (Phi) is 7.58. The van der Waals surface area contributed by atoms with Gasteiger partial charge in [-0.1, -0.05) is 17.7 Å². The number of esters is 1. The van der Waals surface area contributed by atoms with Crippen molar-refractivity contribution in [1.29, 1.82) is 0 Å². The zero-order chi connectivity index (χ0) is 24.2. The maximum atomic E-state index is 11.6. The third-order valence-electron chi connectivity index (χ3n) is 5.11. The van der Waals surface area contributed by atoms with Crippen LogP contribution in [0.3, 0.4) is 0 Å². The first kappa shape index (κ1) is 24.5. The van der Waals surface area contributed by atoms with Crippen molar-refractivity contribution < 1.29 is 19.0 Å². The number of anilines is 1. The van der Waals surface area contributed by atoms with Crippen LogP contribution in [0, 0.1) is 20.8 Å². The van der Waals surface area contributed by atoms with Gasteiger partial charge in [-0.25, -0.2) is 4.79 Å². The minimum atomic E-state index is -0.431. The number of nitrogens with one attached hydrogen (secondary N) is 2. The molecule has 0 aromatic heterocycles. The van der Waals surface area contributed by atoms with Gasteiger partial charge in [0.25, 0.3) is 0 Å². The van der Waals surface area contributed by atoms with Crippen molar-refractivity contribution in [2.45, 2.75) is 53.6 Å². The number of hydrazone groups is 1. The van der Waals surface area contributed by atoms with E-state index in [-0.39, 0.29) is 6.61 Å². The number of fused-ring (bicyclic) bond motifs is 1. The fraction of sp³-hybridized carbons (Fsp3) is 0.400. The molecule has 0 atom stereocenters. The Hall–Kier alpha value is -3.13. The maximum Gasteiger partial charge on any atom is 0.344 e. The summed E-state index contributed by atoms with van der Waals surface area (Å²) in [6.45, 7) is 12.1. The van der Waals surface area contributed by atoms with Gasteiger partial charge in [-0.3, -0.25) is 5.43 Å². The molecule has 33 heavy (non-hydrogen) atoms. The number of rotatable bonds is 6. The molecular weight excluding hydrogens is 438 g/mol. The van der Waals surface area contributed by atoms with Crippen LogP contribution in [-0.2, 0) is 9.53 Å². The lowest BCUT2D eigenvalue weighted by Crippen LogP contribution is -2.37. The van der Waals surface area contributed by atoms with E-state index in [4.69, 9.17) is 26.4 Å². The fourth-order valence-electron chi connectivity index (χ4n) is 3.83. The molecule has 3 rings (SSSR count). The Bertz CT molecular complexity index is 1070. The smallest absolute Gasteiger partial charge is 0.344 e. The lowest BCUT2D eigenvalue weighted by atomic mass is 9.92. The van der Waals surface area contributed by atoms with E-state index in [1.807, 2.05) is 39.8 Å². The van der Waals surface area contributed by atoms with Gasteiger partial charge < -0.3 is 19.5 Å². The van der Waals surface area contributed by atoms with Gasteiger partial charge in [-0.05, 0) is 83.1 Å². The van der Waals surface area contributed by atoms with Crippen molar-refractivity contribution in [2.75, 3.05) is 18.5 Å². The van der Waals surface area contributed by atoms with Gasteiger partial charge in [0.1, 0.15) is 17.1 Å². The molecule has 2 aromatic carbocycles. The molecule has 1 heterocycles. The second kappa shape index (κ2) is 10.2. The Labute approximate surface area is 200 Å². The summed E-state index contributed by atoms with van der Waals surface area (Å²) in [5.41, 5.74) is 8.52. The Morgan fingerprint density at radius 2 is 1.88 bits per heavy atom. The monoisotopic (exact) mass is 469 g/mol. The van der Waals surface area contributed by atoms with Crippen molar-refractivity contribution in [1.82, 2.24) is 5.43 Å². The number of ether oxygens (including phenoxy) is 3. The highest BCUT2D eigenvalue weighted by molar-refractivity contribution is 7.80. The van der Waals surface area contributed by atoms with Gasteiger partial charge in [-0.15, -0.1) is 0 Å². The van der Waals surface area contributed by atoms with Gasteiger partial charge in [0, 0.05) is 17.7 Å². The van der Waals surface area contributed by atoms with Crippen LogP contribution in [-0.4, -0.2) is 35.6 Å². The van der Waals surface area contributed by atoms with Crippen molar-refractivity contribution in [2.24, 2.45) is 5.10 Å². The summed E-state index contributed by atoms with van der Waals surface area (Å²) in [5, 5.41) is 8.25. The number of thiocarbonyl (C=S) groups is 1. The average molecular weight is 470 g/mol. The van der Waals surface area contributed by atoms with Crippen LogP contribution < -0.4 is 20.2 Å². The molecular formula is C25H31N3O4S. The molecule has 0 fully saturated rings. The summed E-state index contributed by atoms with van der Waals surface area (Å²) in [7, 11) is 0. The van der Waals surface area contributed by atoms with E-state index in [1.165, 1.54) is 5.56 Å². The molecule has 0 saturated carbocycles. The second-order valence-corrected chi connectivity index (χ2v) is 9.10. The molecule has 0 radical (unpaired) electrons. The maximum absolute atomic E-state index is 11.6. The minimum absolute atomic E-state index is 0.160. The number of aryl methyl sites for hydroxylation is 3. The minimum Gasteiger partial charge on any atom is -0.487 e. The van der Waals surface area contributed by atoms with E-state index >= 15 is 0 Å². The fourth-order valence-corrected chi connectivity index (χ4v) is 3.97. The van der Waals surface area contributed by atoms with Crippen LogP contribution in [0.15, 0.2) is 35.4 Å². The summed E-state index contributed by atoms with van der Waals surface area (Å²) >= 11 is 5.50. The summed E-state index contributed by atoms with van der Waals surface area (Å²) in [6.07, 6.45) is 0.569. The molecule has 0 aliphatic carbocycles. The normalized spacial score (nSPS) is 15.3. The Morgan fingerprint density at radius 1 is 1.18 bits per heavy atom. The average Bonchev–Trinajstić information content (AvgIpc) is 2.72. The lowest BCUT2D eigenvalue weighted by molar-refractivity contribution is -0.145. The van der Waals surface area contributed by atoms with Crippen molar-refractivity contribution in [3.05, 3.63) is 52.6 Å². The first-order valence-corrected chi connectivity index (χ1v) is 11.3. The zero-order valence-corrected chi connectivity index (χ0v) is 20.8. The number of carbonyl (C=O) groups excluding carboxylic acids is 1. The summed E-state index contributed by atoms with van der Waals surface area (Å²) in [4.78, 5) is 11.6. The van der Waals surface area contributed by atoms with Crippen LogP contribution in [0.25, 0.3) is 0 Å². The molecule has 0 bridgehead atoms. The summed E-state index contributed by atoms with van der Waals surface area (Å²) < 4.78 is 16.6. The summed E-state index contributed by atoms with van der Waals surface area (Å²) in [6, 6.07) is 9.62. The van der Waals surface area contributed by atoms with Crippen molar-refractivity contribution in [3.63, 3.8) is 0 Å². The number of hydrogen-bond donors (Lipinski definition) is 2. The Balaban J connectivity index is 1.79. The number of carbonyl (C=O) groups is 1. The van der Waals surface area contributed by atoms with Crippen molar-refractivity contribution in [3.8, 4) is 11.5 Å². The first-order valence-electron chi connectivity index (χ1n) is 10.9. The van der Waals surface area contributed by atoms with Gasteiger partial charge in [0.05, 0.1) is 12.3 Å². The van der Waals surface area contributed by atoms with Crippen LogP contribution in [0.5, 0.6) is 11.5 Å². The predicted octanol–water partition coefficient (Wildman–Crippen LogP) is 4.81. The highest BCUT2D eigenvalue weighted by Crippen LogP contribution is 2.35. The molecule has 0 saturated heterocycles. The Morgan fingerprint density at radius 3 is 2.55 bits per heavy atom. The molecule has 7 nitrogen and oxygen atoms in total. The molecule has 1 aliphatic rings. The quantitative estimate of drug-likeness (QED) is 0.357. The van der Waals surface area contributed by atoms with E-state index in [0.717, 1.165) is 28.1 Å². The van der Waals surface area contributed by atoms with Crippen LogP contribution in [0.2, 0.25) is 0 Å². The molecule has 1 aliphatic heterocycles. The standard InChI is InChI=1S/C25H31N3O4S/c1-7-30-22(29)14-31-18-8-9-21-19(12-18)20(13-25(5,6)32-21)27-28-24(33)26-23-16(3)10-15(2)11-17(23)4/h8-12H,7,13-14H2,1-6H3,(H2,26,28,33)/b27-20-. The van der Waals surface area contributed by atoms with Gasteiger partial charge in [0.15, 0.2) is 11.7 Å². The number of hydrogen-bond acceptors (Lipinski definition) is 6. The van der Waals surface area contributed by atoms with E-state index < -0.39 is 11.6 Å². The van der Waals surface area contributed by atoms with Crippen LogP contribution >= 0.6 is 12.2 Å². The molecule has 0 spiro atoms. The molecule has 0 unspecified atom stereocenters. The predicted molar refractivity (Wildman–Crippen MR) is 134 cm³/mol. The first-order chi connectivity index (χ1) is 15.6. The molecule has 8 heteroatoms. The SMILES string of the molecule is CCOC(=O)COc1ccc2c(c1)/C(=N\NC(=S)Nc1c(C)cc(C)cc1C)CC(C)(C)O2. The largest absolute Gasteiger partial charge is 0.487 e.